The van der Waals surface area contributed by atoms with Gasteiger partial charge in [0.1, 0.15) is 5.82 Å². The Labute approximate surface area is 154 Å². The van der Waals surface area contributed by atoms with Crippen LogP contribution in [-0.4, -0.2) is 16.0 Å². The number of fused-ring (bicyclic) bond motifs is 1. The summed E-state index contributed by atoms with van der Waals surface area (Å²) in [6.45, 7) is 0. The second-order valence-corrected chi connectivity index (χ2v) is 6.15. The summed E-state index contributed by atoms with van der Waals surface area (Å²) in [5, 5.41) is 7.67. The van der Waals surface area contributed by atoms with Crippen molar-refractivity contribution >= 4 is 22.5 Å². The van der Waals surface area contributed by atoms with Crippen LogP contribution in [0.3, 0.4) is 0 Å². The summed E-state index contributed by atoms with van der Waals surface area (Å²) in [7, 11) is 0. The molecule has 0 saturated carbocycles. The summed E-state index contributed by atoms with van der Waals surface area (Å²) >= 11 is 0. The topological polar surface area (TPSA) is 68.0 Å². The minimum atomic E-state index is -0.315. The van der Waals surface area contributed by atoms with Gasteiger partial charge in [-0.1, -0.05) is 11.2 Å². The molecule has 1 N–H and O–H groups in total. The average Bonchev–Trinajstić information content (AvgIpc) is 3.15. The molecule has 0 bridgehead atoms. The minimum Gasteiger partial charge on any atom is -0.356 e. The van der Waals surface area contributed by atoms with Crippen molar-refractivity contribution < 1.29 is 13.7 Å². The van der Waals surface area contributed by atoms with Gasteiger partial charge >= 0.3 is 0 Å². The first-order chi connectivity index (χ1) is 13.2. The fourth-order valence-corrected chi connectivity index (χ4v) is 2.90. The first-order valence-electron chi connectivity index (χ1n) is 8.53. The first kappa shape index (κ1) is 16.9. The van der Waals surface area contributed by atoms with E-state index in [2.05, 4.69) is 15.5 Å². The number of benzene rings is 2. The maximum absolute atomic E-state index is 13.1. The van der Waals surface area contributed by atoms with Crippen LogP contribution in [0.2, 0.25) is 0 Å². The molecule has 27 heavy (non-hydrogen) atoms. The lowest BCUT2D eigenvalue weighted by atomic mass is 10.1. The van der Waals surface area contributed by atoms with Crippen molar-refractivity contribution in [3.05, 3.63) is 78.4 Å². The molecule has 6 heteroatoms. The van der Waals surface area contributed by atoms with Crippen molar-refractivity contribution in [3.8, 4) is 11.3 Å². The van der Waals surface area contributed by atoms with Crippen LogP contribution in [0, 0.1) is 5.82 Å². The van der Waals surface area contributed by atoms with Crippen molar-refractivity contribution in [2.24, 2.45) is 0 Å². The zero-order valence-electron chi connectivity index (χ0n) is 14.4. The van der Waals surface area contributed by atoms with Gasteiger partial charge in [-0.15, -0.1) is 0 Å². The highest BCUT2D eigenvalue weighted by Crippen LogP contribution is 2.25. The molecule has 0 fully saturated rings. The van der Waals surface area contributed by atoms with Crippen LogP contribution < -0.4 is 5.32 Å². The molecular weight excluding hydrogens is 345 g/mol. The molecule has 0 aliphatic heterocycles. The van der Waals surface area contributed by atoms with Gasteiger partial charge in [-0.2, -0.15) is 0 Å². The molecule has 0 aliphatic carbocycles. The zero-order chi connectivity index (χ0) is 18.6. The maximum atomic E-state index is 13.1. The number of carbonyl (C=O) groups is 1. The van der Waals surface area contributed by atoms with E-state index in [1.54, 1.807) is 24.5 Å². The van der Waals surface area contributed by atoms with Gasteiger partial charge in [-0.3, -0.25) is 9.78 Å². The molecular formula is C21H16FN3O2. The van der Waals surface area contributed by atoms with Gasteiger partial charge in [0.25, 0.3) is 0 Å². The molecule has 0 atom stereocenters. The highest BCUT2D eigenvalue weighted by Gasteiger charge is 2.13. The number of carbonyl (C=O) groups excluding carboxylic acids is 1. The number of amides is 1. The van der Waals surface area contributed by atoms with E-state index < -0.39 is 0 Å². The number of rotatable bonds is 5. The Kier molecular flexibility index (Phi) is 4.61. The van der Waals surface area contributed by atoms with Crippen LogP contribution in [0.25, 0.3) is 22.2 Å². The first-order valence-corrected chi connectivity index (χ1v) is 8.53. The predicted octanol–water partition coefficient (Wildman–Crippen LogP) is 4.60. The van der Waals surface area contributed by atoms with E-state index in [1.165, 1.54) is 12.1 Å². The number of nitrogens with zero attached hydrogens (tertiary/aromatic N) is 2. The molecule has 1 amide bonds. The summed E-state index contributed by atoms with van der Waals surface area (Å²) in [5.74, 6) is 0.133. The lowest BCUT2D eigenvalue weighted by Gasteiger charge is -2.06. The van der Waals surface area contributed by atoms with Gasteiger partial charge < -0.3 is 9.84 Å². The number of halogens is 1. The van der Waals surface area contributed by atoms with Crippen LogP contribution in [0.4, 0.5) is 10.1 Å². The summed E-state index contributed by atoms with van der Waals surface area (Å²) in [4.78, 5) is 16.6. The fraction of sp³-hybridized carbons (Fsp3) is 0.0952. The molecule has 0 saturated heterocycles. The van der Waals surface area contributed by atoms with Gasteiger partial charge in [0.05, 0.1) is 11.7 Å². The lowest BCUT2D eigenvalue weighted by Crippen LogP contribution is -2.12. The average molecular weight is 361 g/mol. The van der Waals surface area contributed by atoms with E-state index >= 15 is 0 Å². The molecule has 0 aliphatic rings. The number of nitrogens with one attached hydrogen (secondary N) is 1. The predicted molar refractivity (Wildman–Crippen MR) is 101 cm³/mol. The largest absolute Gasteiger partial charge is 0.356 e. The molecule has 2 aromatic heterocycles. The van der Waals surface area contributed by atoms with Gasteiger partial charge in [0, 0.05) is 34.8 Å². The van der Waals surface area contributed by atoms with Crippen molar-refractivity contribution in [1.29, 1.82) is 0 Å². The third-order valence-electron chi connectivity index (χ3n) is 4.26. The second kappa shape index (κ2) is 7.37. The van der Waals surface area contributed by atoms with Crippen molar-refractivity contribution in [1.82, 2.24) is 10.1 Å². The molecule has 0 radical (unpaired) electrons. The molecule has 2 aromatic carbocycles. The zero-order valence-corrected chi connectivity index (χ0v) is 14.4. The van der Waals surface area contributed by atoms with E-state index in [-0.39, 0.29) is 18.1 Å². The second-order valence-electron chi connectivity index (χ2n) is 6.15. The number of pyridine rings is 1. The van der Waals surface area contributed by atoms with Crippen molar-refractivity contribution in [2.75, 3.05) is 5.32 Å². The Bertz CT molecular complexity index is 1090. The maximum Gasteiger partial charge on any atom is 0.224 e. The Balaban J connectivity index is 1.42. The summed E-state index contributed by atoms with van der Waals surface area (Å²) in [6, 6.07) is 15.4. The Morgan fingerprint density at radius 2 is 1.96 bits per heavy atom. The van der Waals surface area contributed by atoms with Gasteiger partial charge in [0.2, 0.25) is 5.91 Å². The molecule has 5 nitrogen and oxygen atoms in total. The van der Waals surface area contributed by atoms with Crippen LogP contribution >= 0.6 is 0 Å². The van der Waals surface area contributed by atoms with Crippen LogP contribution in [0.5, 0.6) is 0 Å². The van der Waals surface area contributed by atoms with E-state index in [4.69, 9.17) is 4.52 Å². The number of hydrogen-bond donors (Lipinski definition) is 1. The van der Waals surface area contributed by atoms with Crippen LogP contribution in [-0.2, 0) is 11.2 Å². The number of anilines is 1. The Morgan fingerprint density at radius 1 is 1.11 bits per heavy atom. The Hall–Kier alpha value is -3.54. The van der Waals surface area contributed by atoms with E-state index in [9.17, 15) is 9.18 Å². The van der Waals surface area contributed by atoms with Crippen LogP contribution in [0.15, 0.2) is 71.5 Å². The molecule has 134 valence electrons. The standard InChI is InChI=1S/C21H16FN3O2/c22-17-6-3-14(4-7-17)21-16(13-24-27-21)5-10-20(26)25-18-8-9-19-15(12-18)2-1-11-23-19/h1-4,6-9,11-13H,5,10H2,(H,25,26). The third kappa shape index (κ3) is 3.84. The Morgan fingerprint density at radius 3 is 2.81 bits per heavy atom. The molecule has 4 rings (SSSR count). The molecule has 2 heterocycles. The summed E-state index contributed by atoms with van der Waals surface area (Å²) < 4.78 is 18.4. The van der Waals surface area contributed by atoms with Crippen molar-refractivity contribution in [2.45, 2.75) is 12.8 Å². The van der Waals surface area contributed by atoms with Gasteiger partial charge in [-0.05, 0) is 55.0 Å². The number of aromatic nitrogens is 2. The monoisotopic (exact) mass is 361 g/mol. The fourth-order valence-electron chi connectivity index (χ4n) is 2.90. The SMILES string of the molecule is O=C(CCc1cnoc1-c1ccc(F)cc1)Nc1ccc2ncccc2c1. The quantitative estimate of drug-likeness (QED) is 0.564. The number of aryl methyl sites for hydroxylation is 1. The minimum absolute atomic E-state index is 0.107. The number of hydrogen-bond acceptors (Lipinski definition) is 4. The van der Waals surface area contributed by atoms with Crippen molar-refractivity contribution in [3.63, 3.8) is 0 Å². The summed E-state index contributed by atoms with van der Waals surface area (Å²) in [5.41, 5.74) is 3.14. The smallest absolute Gasteiger partial charge is 0.224 e. The van der Waals surface area contributed by atoms with Gasteiger partial charge in [0.15, 0.2) is 5.76 Å². The van der Waals surface area contributed by atoms with Gasteiger partial charge in [-0.25, -0.2) is 4.39 Å². The van der Waals surface area contributed by atoms with E-state index in [0.717, 1.165) is 27.7 Å². The van der Waals surface area contributed by atoms with E-state index in [1.807, 2.05) is 30.3 Å². The third-order valence-corrected chi connectivity index (χ3v) is 4.26. The summed E-state index contributed by atoms with van der Waals surface area (Å²) in [6.07, 6.45) is 4.07. The molecule has 4 aromatic rings. The normalized spacial score (nSPS) is 10.9. The highest BCUT2D eigenvalue weighted by molar-refractivity contribution is 5.93. The molecule has 0 spiro atoms. The van der Waals surface area contributed by atoms with Crippen LogP contribution in [0.1, 0.15) is 12.0 Å². The van der Waals surface area contributed by atoms with E-state index in [0.29, 0.717) is 12.2 Å². The highest BCUT2D eigenvalue weighted by atomic mass is 19.1. The lowest BCUT2D eigenvalue weighted by molar-refractivity contribution is -0.116. The molecule has 0 unspecified atom stereocenters.